The fourth-order valence-electron chi connectivity index (χ4n) is 9.34. The van der Waals surface area contributed by atoms with Crippen molar-refractivity contribution >= 4 is 63.4 Å². The zero-order valence-corrected chi connectivity index (χ0v) is 45.0. The van der Waals surface area contributed by atoms with Crippen LogP contribution in [0.25, 0.3) is 21.3 Å². The monoisotopic (exact) mass is 1100 g/mol. The van der Waals surface area contributed by atoms with Crippen molar-refractivity contribution in [2.24, 2.45) is 0 Å². The molecule has 77 heavy (non-hydrogen) atoms. The topological polar surface area (TPSA) is 187 Å². The van der Waals surface area contributed by atoms with Gasteiger partial charge in [0, 0.05) is 71.7 Å². The molecule has 10 rings (SSSR count). The van der Waals surface area contributed by atoms with Crippen LogP contribution < -0.4 is 30.2 Å². The number of halogens is 3. The van der Waals surface area contributed by atoms with Gasteiger partial charge < -0.3 is 49.3 Å². The van der Waals surface area contributed by atoms with Crippen LogP contribution in [-0.4, -0.2) is 118 Å². The third-order valence-corrected chi connectivity index (χ3v) is 15.1. The highest BCUT2D eigenvalue weighted by molar-refractivity contribution is 7.19. The SMILES string of the molecule is CC1=CC=C(NC(=O)C2(c3ccc4c(c3)OC(F)(F)O4)CC2)NC1c1cccc(C=O)c1.CNCCOCCOCCC=O.Cc1cc(Cl)cc(-c2ccnc3cc(CN4C(=O)CCC4=O)sc23)c1OC1CCN(C)CC1. The van der Waals surface area contributed by atoms with Gasteiger partial charge in [-0.2, -0.15) is 0 Å². The number of thiophene rings is 1. The normalized spacial score (nSPS) is 18.3. The van der Waals surface area contributed by atoms with Gasteiger partial charge in [0.1, 0.15) is 30.2 Å². The van der Waals surface area contributed by atoms with Gasteiger partial charge in [-0.1, -0.05) is 41.9 Å². The van der Waals surface area contributed by atoms with E-state index < -0.39 is 11.7 Å². The summed E-state index contributed by atoms with van der Waals surface area (Å²) < 4.78 is 53.5. The number of aromatic nitrogens is 1. The number of nitrogens with zero attached hydrogens (tertiary/aromatic N) is 3. The number of pyridine rings is 1. The molecule has 2 aromatic heterocycles. The number of alkyl halides is 2. The summed E-state index contributed by atoms with van der Waals surface area (Å²) in [6.07, 6.45) is 7.84. The standard InChI is InChI=1S/C25H26ClN3O3S.C24H20F2N2O4.C8H17NO3/c1-15-11-16(26)12-20(24(15)32-17-6-9-28(2)10-7-17)19-5-8-27-21-13-18(33-25(19)21)14-29-22(30)3-4-23(29)31;1-14-5-8-20(27-21(14)16-4-2-3-15(11-16)13-29)28-22(30)23(9-10-23)17-6-7-18-19(12-17)32-24(25,26)31-18;1-9-3-6-12-8-7-11-5-2-4-10/h5,8,11-13,17H,3-4,6-7,9-10,14H2,1-2H3;2-8,11-13,21,27H,9-10H2,1H3,(H,28,30);4,9H,2-3,5-8H2,1H3. The number of likely N-dealkylation sites (N-methyl/N-ethyl adjacent to an activating group) is 1. The van der Waals surface area contributed by atoms with Crippen molar-refractivity contribution in [1.82, 2.24) is 30.7 Å². The molecule has 5 aromatic rings. The van der Waals surface area contributed by atoms with E-state index in [2.05, 4.69) is 42.4 Å². The molecule has 1 unspecified atom stereocenters. The van der Waals surface area contributed by atoms with E-state index in [-0.39, 0.29) is 41.4 Å². The summed E-state index contributed by atoms with van der Waals surface area (Å²) in [5, 5.41) is 9.86. The first-order valence-electron chi connectivity index (χ1n) is 25.6. The van der Waals surface area contributed by atoms with Gasteiger partial charge in [0.15, 0.2) is 11.5 Å². The summed E-state index contributed by atoms with van der Waals surface area (Å²) in [7, 11) is 4.02. The van der Waals surface area contributed by atoms with Crippen LogP contribution in [0.15, 0.2) is 96.5 Å². The lowest BCUT2D eigenvalue weighted by atomic mass is 9.94. The number of hydrogen-bond acceptors (Lipinski definition) is 15. The summed E-state index contributed by atoms with van der Waals surface area (Å²) in [6.45, 7) is 9.56. The van der Waals surface area contributed by atoms with Crippen molar-refractivity contribution < 1.29 is 56.4 Å². The second-order valence-electron chi connectivity index (χ2n) is 19.4. The Morgan fingerprint density at radius 1 is 0.922 bits per heavy atom. The number of imide groups is 1. The highest BCUT2D eigenvalue weighted by Crippen LogP contribution is 2.52. The van der Waals surface area contributed by atoms with Crippen LogP contribution in [0, 0.1) is 6.92 Å². The number of rotatable bonds is 19. The van der Waals surface area contributed by atoms with Crippen LogP contribution in [0.2, 0.25) is 5.02 Å². The third kappa shape index (κ3) is 14.3. The van der Waals surface area contributed by atoms with E-state index in [1.165, 1.54) is 17.0 Å². The average molecular weight is 1100 g/mol. The summed E-state index contributed by atoms with van der Waals surface area (Å²) in [4.78, 5) is 67.5. The van der Waals surface area contributed by atoms with E-state index in [0.29, 0.717) is 87.0 Å². The predicted octanol–water partition coefficient (Wildman–Crippen LogP) is 8.98. The van der Waals surface area contributed by atoms with Crippen LogP contribution in [0.4, 0.5) is 8.78 Å². The average Bonchev–Trinajstić information content (AvgIpc) is 3.95. The highest BCUT2D eigenvalue weighted by atomic mass is 35.5. The molecule has 6 heterocycles. The van der Waals surface area contributed by atoms with E-state index in [0.717, 1.165) is 93.7 Å². The zero-order chi connectivity index (χ0) is 54.7. The van der Waals surface area contributed by atoms with Crippen molar-refractivity contribution in [3.05, 3.63) is 129 Å². The molecule has 1 atom stereocenters. The number of allylic oxidation sites excluding steroid dienone is 2. The van der Waals surface area contributed by atoms with Crippen molar-refractivity contribution in [2.45, 2.75) is 89.2 Å². The zero-order valence-electron chi connectivity index (χ0n) is 43.5. The number of hydrogen-bond donors (Lipinski definition) is 3. The first-order chi connectivity index (χ1) is 37.1. The summed E-state index contributed by atoms with van der Waals surface area (Å²) in [6, 6.07) is 19.4. The smallest absolute Gasteiger partial charge is 0.489 e. The Balaban J connectivity index is 0.000000169. The number of ether oxygens (including phenoxy) is 5. The minimum absolute atomic E-state index is 0.0485. The fraction of sp³-hybridized carbons (Fsp3) is 0.404. The maximum absolute atomic E-state index is 13.3. The largest absolute Gasteiger partial charge is 0.586 e. The first-order valence-corrected chi connectivity index (χ1v) is 26.8. The quantitative estimate of drug-likeness (QED) is 0.0404. The maximum Gasteiger partial charge on any atom is 0.586 e. The van der Waals surface area contributed by atoms with E-state index in [1.54, 1.807) is 41.8 Å². The Morgan fingerprint density at radius 3 is 2.38 bits per heavy atom. The molecule has 2 saturated heterocycles. The van der Waals surface area contributed by atoms with Crippen LogP contribution in [0.1, 0.15) is 89.8 Å². The van der Waals surface area contributed by atoms with Crippen molar-refractivity contribution in [3.63, 3.8) is 0 Å². The van der Waals surface area contributed by atoms with E-state index in [1.807, 2.05) is 63.4 Å². The number of aldehydes is 2. The Morgan fingerprint density at radius 2 is 1.66 bits per heavy atom. The lowest BCUT2D eigenvalue weighted by molar-refractivity contribution is -0.286. The predicted molar refractivity (Wildman–Crippen MR) is 288 cm³/mol. The number of amides is 3. The second kappa shape index (κ2) is 25.7. The van der Waals surface area contributed by atoms with Gasteiger partial charge in [0.05, 0.1) is 54.6 Å². The van der Waals surface area contributed by atoms with Crippen LogP contribution in [0.3, 0.4) is 0 Å². The van der Waals surface area contributed by atoms with E-state index in [4.69, 9.17) is 25.8 Å². The molecule has 0 radical (unpaired) electrons. The molecule has 3 N–H and O–H groups in total. The molecule has 408 valence electrons. The lowest BCUT2D eigenvalue weighted by Crippen LogP contribution is -2.40. The van der Waals surface area contributed by atoms with Crippen molar-refractivity contribution in [1.29, 1.82) is 0 Å². The Kier molecular flexibility index (Phi) is 18.9. The Labute approximate surface area is 455 Å². The summed E-state index contributed by atoms with van der Waals surface area (Å²) in [5.41, 5.74) is 6.11. The van der Waals surface area contributed by atoms with Gasteiger partial charge in [-0.05, 0) is 124 Å². The molecule has 0 spiro atoms. The van der Waals surface area contributed by atoms with E-state index >= 15 is 0 Å². The van der Waals surface area contributed by atoms with Gasteiger partial charge in [-0.25, -0.2) is 0 Å². The highest BCUT2D eigenvalue weighted by Gasteiger charge is 2.53. The van der Waals surface area contributed by atoms with Crippen LogP contribution in [0.5, 0.6) is 17.2 Å². The number of aryl methyl sites for hydroxylation is 1. The Bertz CT molecular complexity index is 3010. The van der Waals surface area contributed by atoms with Crippen LogP contribution in [-0.2, 0) is 40.6 Å². The van der Waals surface area contributed by atoms with Crippen LogP contribution >= 0.6 is 22.9 Å². The van der Waals surface area contributed by atoms with Gasteiger partial charge in [-0.15, -0.1) is 20.1 Å². The molecule has 1 aliphatic carbocycles. The van der Waals surface area contributed by atoms with Gasteiger partial charge in [0.2, 0.25) is 17.7 Å². The number of likely N-dealkylation sites (tertiary alicyclic amines) is 2. The molecule has 3 aromatic carbocycles. The molecule has 1 saturated carbocycles. The molecule has 3 amide bonds. The van der Waals surface area contributed by atoms with Crippen molar-refractivity contribution in [3.8, 4) is 28.4 Å². The number of nitrogens with one attached hydrogen (secondary N) is 3. The number of fused-ring (bicyclic) bond motifs is 2. The summed E-state index contributed by atoms with van der Waals surface area (Å²) in [5.74, 6) is 0.829. The van der Waals surface area contributed by atoms with Gasteiger partial charge >= 0.3 is 6.29 Å². The number of benzene rings is 3. The summed E-state index contributed by atoms with van der Waals surface area (Å²) >= 11 is 8.04. The minimum Gasteiger partial charge on any atom is -0.489 e. The molecule has 0 bridgehead atoms. The molecule has 4 aliphatic heterocycles. The third-order valence-electron chi connectivity index (χ3n) is 13.7. The molecule has 20 heteroatoms. The van der Waals surface area contributed by atoms with Gasteiger partial charge in [-0.3, -0.25) is 29.1 Å². The Hall–Kier alpha value is -6.61. The molecule has 5 aliphatic rings. The number of dihydropyridines is 1. The number of carbonyl (C=O) groups is 5. The maximum atomic E-state index is 13.3. The fourth-order valence-corrected chi connectivity index (χ4v) is 10.7. The number of carbonyl (C=O) groups excluding carboxylic acids is 5. The number of piperidine rings is 1. The molecule has 16 nitrogen and oxygen atoms in total. The molecular formula is C57H63ClF2N6O10S. The van der Waals surface area contributed by atoms with E-state index in [9.17, 15) is 32.8 Å². The first kappa shape index (κ1) is 56.6. The second-order valence-corrected chi connectivity index (χ2v) is 21.0. The van der Waals surface area contributed by atoms with Crippen molar-refractivity contribution in [2.75, 3.05) is 60.2 Å². The minimum atomic E-state index is -3.70. The van der Waals surface area contributed by atoms with Gasteiger partial charge in [0.25, 0.3) is 0 Å². The lowest BCUT2D eigenvalue weighted by Gasteiger charge is -2.30. The molecule has 3 fully saturated rings. The molecular weight excluding hydrogens is 1030 g/mol.